The molecule has 0 radical (unpaired) electrons. The lowest BCUT2D eigenvalue weighted by molar-refractivity contribution is 0.448. The Kier molecular flexibility index (Phi) is 2.76. The average Bonchev–Trinajstić information content (AvgIpc) is 2.78. The fourth-order valence-corrected chi connectivity index (χ4v) is 1.18. The number of rotatable bonds is 2. The second kappa shape index (κ2) is 4.22. The lowest BCUT2D eigenvalue weighted by Gasteiger charge is -1.98. The third-order valence-electron chi connectivity index (χ3n) is 1.98. The summed E-state index contributed by atoms with van der Waals surface area (Å²) in [4.78, 5) is 6.53. The summed E-state index contributed by atoms with van der Waals surface area (Å²) in [7, 11) is 0. The van der Waals surface area contributed by atoms with Crippen molar-refractivity contribution in [2.75, 3.05) is 0 Å². The van der Waals surface area contributed by atoms with E-state index in [9.17, 15) is 13.2 Å². The highest BCUT2D eigenvalue weighted by Crippen LogP contribution is 2.21. The number of aliphatic imine (C=N–C) groups is 1. The molecule has 5 heteroatoms. The Morgan fingerprint density at radius 3 is 2.56 bits per heavy atom. The molecular weight excluding hydrogens is 217 g/mol. The van der Waals surface area contributed by atoms with Crippen molar-refractivity contribution in [1.29, 1.82) is 0 Å². The van der Waals surface area contributed by atoms with Gasteiger partial charge in [0.2, 0.25) is 0 Å². The lowest BCUT2D eigenvalue weighted by Crippen LogP contribution is -1.90. The standard InChI is InChI=1S/C11H7F3N2/c12-8-3-4-9(11(14)10(8)13)16-6-7-2-1-5-15-7/h1-6,15H. The number of nitrogens with zero attached hydrogens (tertiary/aromatic N) is 1. The first kappa shape index (κ1) is 10.5. The van der Waals surface area contributed by atoms with Gasteiger partial charge in [-0.15, -0.1) is 0 Å². The van der Waals surface area contributed by atoms with Crippen LogP contribution in [0.3, 0.4) is 0 Å². The van der Waals surface area contributed by atoms with Crippen LogP contribution in [0.2, 0.25) is 0 Å². The highest BCUT2D eigenvalue weighted by atomic mass is 19.2. The summed E-state index contributed by atoms with van der Waals surface area (Å²) in [6.07, 6.45) is 3.00. The van der Waals surface area contributed by atoms with Crippen LogP contribution >= 0.6 is 0 Å². The van der Waals surface area contributed by atoms with Gasteiger partial charge in [0.25, 0.3) is 0 Å². The number of benzene rings is 1. The van der Waals surface area contributed by atoms with Gasteiger partial charge in [0.15, 0.2) is 17.5 Å². The van der Waals surface area contributed by atoms with Crippen LogP contribution in [0.25, 0.3) is 0 Å². The SMILES string of the molecule is Fc1ccc(N=Cc2ccc[nH]2)c(F)c1F. The minimum atomic E-state index is -1.51. The van der Waals surface area contributed by atoms with Crippen LogP contribution in [-0.2, 0) is 0 Å². The van der Waals surface area contributed by atoms with Crippen molar-refractivity contribution in [2.45, 2.75) is 0 Å². The molecule has 0 aliphatic carbocycles. The van der Waals surface area contributed by atoms with Crippen molar-refractivity contribution in [2.24, 2.45) is 4.99 Å². The highest BCUT2D eigenvalue weighted by Gasteiger charge is 2.12. The first-order chi connectivity index (χ1) is 7.68. The second-order valence-corrected chi connectivity index (χ2v) is 3.08. The fourth-order valence-electron chi connectivity index (χ4n) is 1.18. The maximum atomic E-state index is 13.2. The van der Waals surface area contributed by atoms with Crippen LogP contribution in [0.4, 0.5) is 18.9 Å². The van der Waals surface area contributed by atoms with E-state index in [4.69, 9.17) is 0 Å². The number of aromatic amines is 1. The van der Waals surface area contributed by atoms with Crippen molar-refractivity contribution in [1.82, 2.24) is 4.98 Å². The van der Waals surface area contributed by atoms with E-state index in [1.165, 1.54) is 6.21 Å². The van der Waals surface area contributed by atoms with Crippen LogP contribution in [0, 0.1) is 17.5 Å². The zero-order valence-corrected chi connectivity index (χ0v) is 8.05. The minimum absolute atomic E-state index is 0.242. The van der Waals surface area contributed by atoms with E-state index in [1.807, 2.05) is 0 Å². The molecule has 0 aliphatic rings. The maximum absolute atomic E-state index is 13.2. The summed E-state index contributed by atoms with van der Waals surface area (Å²) in [5, 5.41) is 0. The van der Waals surface area contributed by atoms with Crippen LogP contribution in [0.15, 0.2) is 35.5 Å². The first-order valence-electron chi connectivity index (χ1n) is 4.49. The molecule has 16 heavy (non-hydrogen) atoms. The average molecular weight is 224 g/mol. The predicted octanol–water partition coefficient (Wildman–Crippen LogP) is 3.18. The number of halogens is 3. The summed E-state index contributed by atoms with van der Waals surface area (Å²) in [5.41, 5.74) is 0.401. The third kappa shape index (κ3) is 1.98. The van der Waals surface area contributed by atoms with Crippen LogP contribution < -0.4 is 0 Å². The van der Waals surface area contributed by atoms with Crippen molar-refractivity contribution in [3.63, 3.8) is 0 Å². The summed E-state index contributed by atoms with van der Waals surface area (Å²) in [6.45, 7) is 0. The molecule has 0 unspecified atom stereocenters. The van der Waals surface area contributed by atoms with Crippen molar-refractivity contribution >= 4 is 11.9 Å². The molecular formula is C11H7F3N2. The predicted molar refractivity (Wildman–Crippen MR) is 54.4 cm³/mol. The van der Waals surface area contributed by atoms with E-state index < -0.39 is 17.5 Å². The van der Waals surface area contributed by atoms with Gasteiger partial charge in [0.1, 0.15) is 5.69 Å². The molecule has 1 heterocycles. The zero-order valence-electron chi connectivity index (χ0n) is 8.05. The smallest absolute Gasteiger partial charge is 0.196 e. The Hall–Kier alpha value is -2.04. The number of H-pyrrole nitrogens is 1. The normalized spacial score (nSPS) is 11.2. The van der Waals surface area contributed by atoms with Crippen LogP contribution in [-0.4, -0.2) is 11.2 Å². The van der Waals surface area contributed by atoms with Gasteiger partial charge in [-0.25, -0.2) is 13.2 Å². The lowest BCUT2D eigenvalue weighted by atomic mass is 10.3. The molecule has 2 rings (SSSR count). The van der Waals surface area contributed by atoms with Gasteiger partial charge in [-0.3, -0.25) is 4.99 Å². The van der Waals surface area contributed by atoms with Gasteiger partial charge in [0, 0.05) is 6.20 Å². The van der Waals surface area contributed by atoms with E-state index in [2.05, 4.69) is 9.98 Å². The first-order valence-corrected chi connectivity index (χ1v) is 4.49. The Morgan fingerprint density at radius 1 is 1.06 bits per heavy atom. The Bertz CT molecular complexity index is 518. The van der Waals surface area contributed by atoms with Gasteiger partial charge < -0.3 is 4.98 Å². The van der Waals surface area contributed by atoms with Crippen molar-refractivity contribution in [3.8, 4) is 0 Å². The summed E-state index contributed by atoms with van der Waals surface area (Å²) in [5.74, 6) is -4.03. The van der Waals surface area contributed by atoms with Gasteiger partial charge in [-0.05, 0) is 24.3 Å². The molecule has 0 saturated carbocycles. The minimum Gasteiger partial charge on any atom is -0.360 e. The van der Waals surface area contributed by atoms with E-state index in [-0.39, 0.29) is 5.69 Å². The molecule has 0 fully saturated rings. The molecule has 2 aromatic rings. The molecule has 82 valence electrons. The Morgan fingerprint density at radius 2 is 1.88 bits per heavy atom. The van der Waals surface area contributed by atoms with Gasteiger partial charge in [-0.1, -0.05) is 0 Å². The second-order valence-electron chi connectivity index (χ2n) is 3.08. The molecule has 0 spiro atoms. The van der Waals surface area contributed by atoms with Crippen molar-refractivity contribution in [3.05, 3.63) is 53.6 Å². The number of hydrogen-bond donors (Lipinski definition) is 1. The topological polar surface area (TPSA) is 28.1 Å². The molecule has 2 nitrogen and oxygen atoms in total. The van der Waals surface area contributed by atoms with Crippen LogP contribution in [0.5, 0.6) is 0 Å². The van der Waals surface area contributed by atoms with E-state index >= 15 is 0 Å². The number of nitrogens with one attached hydrogen (secondary N) is 1. The maximum Gasteiger partial charge on any atom is 0.196 e. The van der Waals surface area contributed by atoms with E-state index in [0.29, 0.717) is 5.69 Å². The largest absolute Gasteiger partial charge is 0.360 e. The summed E-state index contributed by atoms with van der Waals surface area (Å²) >= 11 is 0. The van der Waals surface area contributed by atoms with Crippen LogP contribution in [0.1, 0.15) is 5.69 Å². The summed E-state index contributed by atoms with van der Waals surface area (Å²) in [6, 6.07) is 5.36. The highest BCUT2D eigenvalue weighted by molar-refractivity contribution is 5.79. The molecule has 0 amide bonds. The number of hydrogen-bond acceptors (Lipinski definition) is 1. The Balaban J connectivity index is 2.32. The van der Waals surface area contributed by atoms with Gasteiger partial charge >= 0.3 is 0 Å². The fraction of sp³-hybridized carbons (Fsp3) is 0. The van der Waals surface area contributed by atoms with E-state index in [0.717, 1.165) is 12.1 Å². The zero-order chi connectivity index (χ0) is 11.5. The Labute approximate surface area is 89.5 Å². The van der Waals surface area contributed by atoms with E-state index in [1.54, 1.807) is 18.3 Å². The molecule has 1 aromatic carbocycles. The molecule has 1 aromatic heterocycles. The number of aromatic nitrogens is 1. The molecule has 0 atom stereocenters. The van der Waals surface area contributed by atoms with Crippen molar-refractivity contribution < 1.29 is 13.2 Å². The molecule has 0 aliphatic heterocycles. The molecule has 0 bridgehead atoms. The molecule has 0 saturated heterocycles. The quantitative estimate of drug-likeness (QED) is 0.599. The monoisotopic (exact) mass is 224 g/mol. The third-order valence-corrected chi connectivity index (χ3v) is 1.98. The molecule has 1 N–H and O–H groups in total. The van der Waals surface area contributed by atoms with Gasteiger partial charge in [-0.2, -0.15) is 0 Å². The summed E-state index contributed by atoms with van der Waals surface area (Å²) < 4.78 is 38.6. The van der Waals surface area contributed by atoms with Gasteiger partial charge in [0.05, 0.1) is 11.9 Å².